The minimum Gasteiger partial charge on any atom is -0.492 e. The van der Waals surface area contributed by atoms with Crippen molar-refractivity contribution in [3.05, 3.63) is 46.2 Å². The lowest BCUT2D eigenvalue weighted by atomic mass is 10.1. The lowest BCUT2D eigenvalue weighted by Gasteiger charge is -2.26. The molecule has 0 atom stereocenters. The molecule has 0 saturated heterocycles. The van der Waals surface area contributed by atoms with Crippen LogP contribution in [0, 0.1) is 0 Å². The van der Waals surface area contributed by atoms with Gasteiger partial charge < -0.3 is 4.74 Å². The molecule has 0 bridgehead atoms. The van der Waals surface area contributed by atoms with E-state index >= 15 is 0 Å². The minimum atomic E-state index is -3.64. The second kappa shape index (κ2) is 6.37. The average Bonchev–Trinajstić information content (AvgIpc) is 2.94. The summed E-state index contributed by atoms with van der Waals surface area (Å²) in [4.78, 5) is 3.96. The van der Waals surface area contributed by atoms with Gasteiger partial charge in [0.15, 0.2) is 0 Å². The van der Waals surface area contributed by atoms with E-state index in [9.17, 15) is 8.42 Å². The van der Waals surface area contributed by atoms with Gasteiger partial charge in [0, 0.05) is 24.5 Å². The van der Waals surface area contributed by atoms with Gasteiger partial charge in [0.2, 0.25) is 10.0 Å². The first-order valence-corrected chi connectivity index (χ1v) is 9.48. The van der Waals surface area contributed by atoms with Crippen LogP contribution >= 0.6 is 11.3 Å². The molecule has 118 valence electrons. The topological polar surface area (TPSA) is 72.6 Å². The maximum absolute atomic E-state index is 11.2. The van der Waals surface area contributed by atoms with E-state index < -0.39 is 10.0 Å². The molecule has 0 unspecified atom stereocenters. The van der Waals surface area contributed by atoms with Crippen molar-refractivity contribution in [3.63, 3.8) is 0 Å². The monoisotopic (exact) mass is 338 g/mol. The van der Waals surface area contributed by atoms with Gasteiger partial charge >= 0.3 is 0 Å². The van der Waals surface area contributed by atoms with Crippen molar-refractivity contribution >= 4 is 21.4 Å². The summed E-state index contributed by atoms with van der Waals surface area (Å²) in [5, 5.41) is 7.21. The number of sulfonamides is 1. The van der Waals surface area contributed by atoms with E-state index in [2.05, 4.69) is 16.3 Å². The standard InChI is InChI=1S/C15H18N2O3S2/c16-22(18,19)14-3-1-13(2-4-14)20-9-8-17-7-5-15-12(11-17)6-10-21-15/h1-4,6,10H,5,7-9,11H2,(H2,16,18,19). The van der Waals surface area contributed by atoms with Gasteiger partial charge in [0.25, 0.3) is 0 Å². The normalized spacial score (nSPS) is 15.5. The summed E-state index contributed by atoms with van der Waals surface area (Å²) in [5.41, 5.74) is 1.42. The summed E-state index contributed by atoms with van der Waals surface area (Å²) in [6.45, 7) is 3.47. The molecular formula is C15H18N2O3S2. The molecule has 1 aliphatic heterocycles. The molecule has 0 spiro atoms. The summed E-state index contributed by atoms with van der Waals surface area (Å²) in [5.74, 6) is 0.653. The lowest BCUT2D eigenvalue weighted by molar-refractivity contribution is 0.197. The zero-order valence-electron chi connectivity index (χ0n) is 12.1. The number of thiophene rings is 1. The Morgan fingerprint density at radius 2 is 2.00 bits per heavy atom. The number of primary sulfonamides is 1. The van der Waals surface area contributed by atoms with Crippen molar-refractivity contribution in [2.75, 3.05) is 19.7 Å². The molecule has 2 aromatic rings. The highest BCUT2D eigenvalue weighted by Gasteiger charge is 2.16. The van der Waals surface area contributed by atoms with Crippen molar-refractivity contribution in [3.8, 4) is 5.75 Å². The fourth-order valence-electron chi connectivity index (χ4n) is 2.52. The van der Waals surface area contributed by atoms with Crippen LogP contribution in [-0.4, -0.2) is 33.0 Å². The van der Waals surface area contributed by atoms with Crippen LogP contribution in [0.4, 0.5) is 0 Å². The quantitative estimate of drug-likeness (QED) is 0.903. The summed E-state index contributed by atoms with van der Waals surface area (Å²) in [6.07, 6.45) is 1.11. The van der Waals surface area contributed by atoms with Gasteiger partial charge in [-0.3, -0.25) is 4.90 Å². The maximum Gasteiger partial charge on any atom is 0.238 e. The van der Waals surface area contributed by atoms with Crippen LogP contribution in [0.5, 0.6) is 5.75 Å². The first-order valence-electron chi connectivity index (χ1n) is 7.05. The van der Waals surface area contributed by atoms with Gasteiger partial charge in [-0.25, -0.2) is 13.6 Å². The highest BCUT2D eigenvalue weighted by Crippen LogP contribution is 2.23. The molecule has 0 saturated carbocycles. The van der Waals surface area contributed by atoms with Crippen molar-refractivity contribution in [1.29, 1.82) is 0 Å². The number of ether oxygens (including phenoxy) is 1. The Morgan fingerprint density at radius 3 is 2.73 bits per heavy atom. The van der Waals surface area contributed by atoms with Crippen molar-refractivity contribution < 1.29 is 13.2 Å². The molecule has 0 aliphatic carbocycles. The Balaban J connectivity index is 1.49. The summed E-state index contributed by atoms with van der Waals surface area (Å²) in [7, 11) is -3.64. The third kappa shape index (κ3) is 3.67. The smallest absolute Gasteiger partial charge is 0.238 e. The molecule has 2 heterocycles. The number of rotatable bonds is 5. The Hall–Kier alpha value is -1.41. The molecule has 1 aliphatic rings. The Bertz CT molecular complexity index is 738. The largest absolute Gasteiger partial charge is 0.492 e. The summed E-state index contributed by atoms with van der Waals surface area (Å²) < 4.78 is 28.0. The zero-order valence-corrected chi connectivity index (χ0v) is 13.7. The fraction of sp³-hybridized carbons (Fsp3) is 0.333. The van der Waals surface area contributed by atoms with Gasteiger partial charge in [-0.15, -0.1) is 11.3 Å². The van der Waals surface area contributed by atoms with Crippen LogP contribution in [-0.2, 0) is 23.0 Å². The predicted molar refractivity (Wildman–Crippen MR) is 86.6 cm³/mol. The Labute approximate surface area is 134 Å². The fourth-order valence-corrected chi connectivity index (χ4v) is 3.92. The van der Waals surface area contributed by atoms with Crippen molar-refractivity contribution in [2.45, 2.75) is 17.9 Å². The van der Waals surface area contributed by atoms with Crippen LogP contribution in [0.25, 0.3) is 0 Å². The predicted octanol–water partition coefficient (Wildman–Crippen LogP) is 1.83. The molecule has 3 rings (SSSR count). The highest BCUT2D eigenvalue weighted by atomic mass is 32.2. The van der Waals surface area contributed by atoms with Gasteiger partial charge in [0.05, 0.1) is 4.90 Å². The van der Waals surface area contributed by atoms with E-state index in [0.29, 0.717) is 12.4 Å². The van der Waals surface area contributed by atoms with E-state index in [-0.39, 0.29) is 4.90 Å². The molecule has 22 heavy (non-hydrogen) atoms. The van der Waals surface area contributed by atoms with Gasteiger partial charge in [-0.1, -0.05) is 0 Å². The molecular weight excluding hydrogens is 320 g/mol. The number of fused-ring (bicyclic) bond motifs is 1. The molecule has 2 N–H and O–H groups in total. The number of benzene rings is 1. The molecule has 0 fully saturated rings. The molecule has 1 aromatic heterocycles. The van der Waals surface area contributed by atoms with E-state index in [1.165, 1.54) is 22.6 Å². The lowest BCUT2D eigenvalue weighted by Crippen LogP contribution is -2.33. The maximum atomic E-state index is 11.2. The first-order chi connectivity index (χ1) is 10.5. The molecule has 0 radical (unpaired) electrons. The minimum absolute atomic E-state index is 0.0980. The van der Waals surface area contributed by atoms with Crippen molar-refractivity contribution in [1.82, 2.24) is 4.90 Å². The van der Waals surface area contributed by atoms with Crippen LogP contribution in [0.2, 0.25) is 0 Å². The highest BCUT2D eigenvalue weighted by molar-refractivity contribution is 7.89. The molecule has 5 nitrogen and oxygen atoms in total. The van der Waals surface area contributed by atoms with E-state index in [4.69, 9.17) is 9.88 Å². The zero-order chi connectivity index (χ0) is 15.6. The van der Waals surface area contributed by atoms with E-state index in [1.54, 1.807) is 12.1 Å². The third-order valence-electron chi connectivity index (χ3n) is 3.72. The SMILES string of the molecule is NS(=O)(=O)c1ccc(OCCN2CCc3sccc3C2)cc1. The number of nitrogens with two attached hydrogens (primary N) is 1. The Kier molecular flexibility index (Phi) is 4.49. The second-order valence-corrected chi connectivity index (χ2v) is 7.82. The summed E-state index contributed by atoms with van der Waals surface area (Å²) >= 11 is 1.83. The van der Waals surface area contributed by atoms with Gasteiger partial charge in [-0.2, -0.15) is 0 Å². The first kappa shape index (κ1) is 15.5. The van der Waals surface area contributed by atoms with Crippen LogP contribution < -0.4 is 9.88 Å². The third-order valence-corrected chi connectivity index (χ3v) is 5.67. The van der Waals surface area contributed by atoms with Crippen molar-refractivity contribution in [2.24, 2.45) is 5.14 Å². The van der Waals surface area contributed by atoms with Gasteiger partial charge in [-0.05, 0) is 47.7 Å². The van der Waals surface area contributed by atoms with Gasteiger partial charge in [0.1, 0.15) is 12.4 Å². The molecule has 1 aromatic carbocycles. The number of hydrogen-bond acceptors (Lipinski definition) is 5. The number of nitrogens with zero attached hydrogens (tertiary/aromatic N) is 1. The van der Waals surface area contributed by atoms with E-state index in [1.807, 2.05) is 11.3 Å². The number of hydrogen-bond donors (Lipinski definition) is 1. The molecule has 0 amide bonds. The Morgan fingerprint density at radius 1 is 1.23 bits per heavy atom. The van der Waals surface area contributed by atoms with Crippen LogP contribution in [0.1, 0.15) is 10.4 Å². The second-order valence-electron chi connectivity index (χ2n) is 5.26. The van der Waals surface area contributed by atoms with E-state index in [0.717, 1.165) is 26.1 Å². The molecule has 7 heteroatoms. The van der Waals surface area contributed by atoms with Crippen LogP contribution in [0.15, 0.2) is 40.6 Å². The van der Waals surface area contributed by atoms with Crippen LogP contribution in [0.3, 0.4) is 0 Å². The summed E-state index contributed by atoms with van der Waals surface area (Å²) in [6, 6.07) is 8.38. The average molecular weight is 338 g/mol.